The molecule has 0 unspecified atom stereocenters. The molecule has 0 aliphatic carbocycles. The lowest BCUT2D eigenvalue weighted by molar-refractivity contribution is 0.600. The zero-order valence-corrected chi connectivity index (χ0v) is 25.9. The van der Waals surface area contributed by atoms with Crippen molar-refractivity contribution < 1.29 is 12.8 Å². The molecule has 0 fully saturated rings. The standard InChI is InChI=1S/C36H31FN6O2S/c1-46(44,45)13-12-24-14-26(17-28(37)16-24)29-8-5-9-32-30(29)18-34(40-32)36-35-33(42-43-36)11-10-31(41-35)27-15-25(21-39-22-27)20-38-19-23-6-3-2-4-7-23/h2-11,14-18,21-22,38,40H,12-13,19-20H2,1H3,(H,42,43). The predicted molar refractivity (Wildman–Crippen MR) is 180 cm³/mol. The third-order valence-electron chi connectivity index (χ3n) is 7.95. The van der Waals surface area contributed by atoms with Crippen molar-refractivity contribution >= 4 is 31.8 Å². The molecule has 230 valence electrons. The van der Waals surface area contributed by atoms with E-state index >= 15 is 0 Å². The van der Waals surface area contributed by atoms with Crippen LogP contribution in [-0.2, 0) is 29.3 Å². The van der Waals surface area contributed by atoms with Crippen molar-refractivity contribution in [1.82, 2.24) is 30.5 Å². The van der Waals surface area contributed by atoms with E-state index in [4.69, 9.17) is 4.98 Å². The lowest BCUT2D eigenvalue weighted by Crippen LogP contribution is -2.12. The zero-order chi connectivity index (χ0) is 31.7. The maximum atomic E-state index is 14.7. The molecule has 0 aliphatic rings. The highest BCUT2D eigenvalue weighted by Gasteiger charge is 2.16. The molecule has 0 saturated carbocycles. The van der Waals surface area contributed by atoms with E-state index in [0.717, 1.165) is 51.0 Å². The Balaban J connectivity index is 1.19. The fourth-order valence-electron chi connectivity index (χ4n) is 5.71. The predicted octanol–water partition coefficient (Wildman–Crippen LogP) is 6.85. The van der Waals surface area contributed by atoms with Gasteiger partial charge in [0.05, 0.1) is 22.7 Å². The number of aromatic nitrogens is 5. The molecular weight excluding hydrogens is 600 g/mol. The molecule has 7 rings (SSSR count). The van der Waals surface area contributed by atoms with Crippen LogP contribution >= 0.6 is 0 Å². The lowest BCUT2D eigenvalue weighted by atomic mass is 9.98. The average Bonchev–Trinajstić information content (AvgIpc) is 3.68. The Kier molecular flexibility index (Phi) is 7.90. The minimum atomic E-state index is -3.17. The van der Waals surface area contributed by atoms with Crippen molar-refractivity contribution in [3.8, 4) is 33.8 Å². The van der Waals surface area contributed by atoms with Gasteiger partial charge in [-0.15, -0.1) is 0 Å². The van der Waals surface area contributed by atoms with Crippen LogP contribution in [0.1, 0.15) is 16.7 Å². The van der Waals surface area contributed by atoms with Crippen LogP contribution in [0, 0.1) is 5.82 Å². The van der Waals surface area contributed by atoms with Gasteiger partial charge in [-0.2, -0.15) is 5.10 Å². The molecule has 8 nitrogen and oxygen atoms in total. The van der Waals surface area contributed by atoms with Crippen molar-refractivity contribution in [2.24, 2.45) is 0 Å². The maximum Gasteiger partial charge on any atom is 0.147 e. The number of aromatic amines is 2. The summed E-state index contributed by atoms with van der Waals surface area (Å²) in [6.07, 6.45) is 5.10. The molecule has 0 saturated heterocycles. The first-order chi connectivity index (χ1) is 22.3. The first kappa shape index (κ1) is 29.5. The Labute approximate surface area is 265 Å². The van der Waals surface area contributed by atoms with E-state index in [9.17, 15) is 12.8 Å². The third-order valence-corrected chi connectivity index (χ3v) is 8.89. The number of nitrogens with one attached hydrogen (secondary N) is 3. The van der Waals surface area contributed by atoms with Crippen molar-refractivity contribution in [3.63, 3.8) is 0 Å². The highest BCUT2D eigenvalue weighted by Crippen LogP contribution is 2.35. The first-order valence-corrected chi connectivity index (χ1v) is 17.0. The molecule has 0 spiro atoms. The Hall–Kier alpha value is -5.19. The monoisotopic (exact) mass is 630 g/mol. The van der Waals surface area contributed by atoms with Crippen molar-refractivity contribution in [2.45, 2.75) is 19.5 Å². The fraction of sp³-hybridized carbons (Fsp3) is 0.139. The summed E-state index contributed by atoms with van der Waals surface area (Å²) in [6.45, 7) is 1.44. The van der Waals surface area contributed by atoms with Gasteiger partial charge < -0.3 is 10.3 Å². The minimum Gasteiger partial charge on any atom is -0.353 e. The first-order valence-electron chi connectivity index (χ1n) is 14.9. The summed E-state index contributed by atoms with van der Waals surface area (Å²) < 4.78 is 38.1. The van der Waals surface area contributed by atoms with E-state index in [1.165, 1.54) is 24.0 Å². The minimum absolute atomic E-state index is 0.0406. The van der Waals surface area contributed by atoms with E-state index in [-0.39, 0.29) is 12.2 Å². The number of rotatable bonds is 10. The summed E-state index contributed by atoms with van der Waals surface area (Å²) in [5, 5.41) is 12.1. The smallest absolute Gasteiger partial charge is 0.147 e. The number of aryl methyl sites for hydroxylation is 1. The van der Waals surface area contributed by atoms with Crippen molar-refractivity contribution in [1.29, 1.82) is 0 Å². The summed E-state index contributed by atoms with van der Waals surface area (Å²) in [7, 11) is -3.17. The summed E-state index contributed by atoms with van der Waals surface area (Å²) in [5.74, 6) is -0.449. The second-order valence-electron chi connectivity index (χ2n) is 11.5. The molecule has 4 aromatic heterocycles. The summed E-state index contributed by atoms with van der Waals surface area (Å²) in [4.78, 5) is 12.9. The normalized spacial score (nSPS) is 11.9. The van der Waals surface area contributed by atoms with Crippen LogP contribution in [-0.4, -0.2) is 45.6 Å². The highest BCUT2D eigenvalue weighted by molar-refractivity contribution is 7.90. The molecule has 3 N–H and O–H groups in total. The highest BCUT2D eigenvalue weighted by atomic mass is 32.2. The van der Waals surface area contributed by atoms with E-state index in [2.05, 4.69) is 43.7 Å². The molecule has 0 amide bonds. The molecule has 0 bridgehead atoms. The molecule has 0 radical (unpaired) electrons. The van der Waals surface area contributed by atoms with Gasteiger partial charge in [0.25, 0.3) is 0 Å². The molecule has 4 heterocycles. The van der Waals surface area contributed by atoms with E-state index in [1.807, 2.05) is 73.1 Å². The van der Waals surface area contributed by atoms with E-state index in [1.54, 1.807) is 0 Å². The maximum absolute atomic E-state index is 14.7. The number of hydrogen-bond donors (Lipinski definition) is 3. The van der Waals surface area contributed by atoms with Gasteiger partial charge in [0.1, 0.15) is 26.9 Å². The number of fused-ring (bicyclic) bond motifs is 2. The molecule has 7 aromatic rings. The number of benzene rings is 3. The molecule has 3 aromatic carbocycles. The topological polar surface area (TPSA) is 116 Å². The van der Waals surface area contributed by atoms with Gasteiger partial charge in [-0.1, -0.05) is 48.5 Å². The van der Waals surface area contributed by atoms with Crippen LogP contribution in [0.5, 0.6) is 0 Å². The summed E-state index contributed by atoms with van der Waals surface area (Å²) in [6, 6.07) is 28.8. The Morgan fingerprint density at radius 1 is 0.804 bits per heavy atom. The molecule has 10 heteroatoms. The Morgan fingerprint density at radius 3 is 2.48 bits per heavy atom. The summed E-state index contributed by atoms with van der Waals surface area (Å²) in [5.41, 5.74) is 9.92. The number of H-pyrrole nitrogens is 2. The number of halogens is 1. The van der Waals surface area contributed by atoms with E-state index in [0.29, 0.717) is 28.9 Å². The van der Waals surface area contributed by atoms with Crippen molar-refractivity contribution in [3.05, 3.63) is 126 Å². The third kappa shape index (κ3) is 6.44. The molecular formula is C36H31FN6O2S. The van der Waals surface area contributed by atoms with Gasteiger partial charge in [0.15, 0.2) is 0 Å². The van der Waals surface area contributed by atoms with Crippen LogP contribution < -0.4 is 5.32 Å². The van der Waals surface area contributed by atoms with Gasteiger partial charge in [-0.3, -0.25) is 10.1 Å². The second-order valence-corrected chi connectivity index (χ2v) is 13.8. The van der Waals surface area contributed by atoms with Crippen LogP contribution in [0.3, 0.4) is 0 Å². The number of nitrogens with zero attached hydrogens (tertiary/aromatic N) is 3. The average molecular weight is 631 g/mol. The van der Waals surface area contributed by atoms with Gasteiger partial charge >= 0.3 is 0 Å². The molecule has 0 atom stereocenters. The number of sulfone groups is 1. The van der Waals surface area contributed by atoms with E-state index < -0.39 is 15.7 Å². The SMILES string of the molecule is CS(=O)(=O)CCc1cc(F)cc(-c2cccc3[nH]c(-c4n[nH]c5ccc(-c6cncc(CNCc7ccccc7)c6)nc45)cc23)c1. The Bertz CT molecular complexity index is 2300. The molecule has 0 aliphatic heterocycles. The van der Waals surface area contributed by atoms with Crippen LogP contribution in [0.4, 0.5) is 4.39 Å². The van der Waals surface area contributed by atoms with Crippen molar-refractivity contribution in [2.75, 3.05) is 12.0 Å². The molecule has 46 heavy (non-hydrogen) atoms. The largest absolute Gasteiger partial charge is 0.353 e. The van der Waals surface area contributed by atoms with Crippen LogP contribution in [0.15, 0.2) is 103 Å². The second kappa shape index (κ2) is 12.3. The zero-order valence-electron chi connectivity index (χ0n) is 25.1. The van der Waals surface area contributed by atoms with Gasteiger partial charge in [-0.25, -0.2) is 17.8 Å². The van der Waals surface area contributed by atoms with Gasteiger partial charge in [0, 0.05) is 48.2 Å². The fourth-order valence-corrected chi connectivity index (χ4v) is 6.31. The van der Waals surface area contributed by atoms with Gasteiger partial charge in [0.2, 0.25) is 0 Å². The van der Waals surface area contributed by atoms with Crippen LogP contribution in [0.25, 0.3) is 55.7 Å². The number of pyridine rings is 2. The number of hydrogen-bond acceptors (Lipinski definition) is 6. The Morgan fingerprint density at radius 2 is 1.63 bits per heavy atom. The van der Waals surface area contributed by atoms with Gasteiger partial charge in [-0.05, 0) is 76.7 Å². The quantitative estimate of drug-likeness (QED) is 0.152. The summed E-state index contributed by atoms with van der Waals surface area (Å²) >= 11 is 0. The lowest BCUT2D eigenvalue weighted by Gasteiger charge is -2.08. The van der Waals surface area contributed by atoms with Crippen LogP contribution in [0.2, 0.25) is 0 Å².